The first-order valence-corrected chi connectivity index (χ1v) is 10.00. The Balaban J connectivity index is 1.64. The van der Waals surface area contributed by atoms with Gasteiger partial charge in [0.05, 0.1) is 11.8 Å². The number of carbonyl (C=O) groups is 1. The molecule has 0 heterocycles. The molecule has 1 heteroatoms. The van der Waals surface area contributed by atoms with Crippen LogP contribution in [0.15, 0.2) is 97.1 Å². The Morgan fingerprint density at radius 2 is 0.964 bits per heavy atom. The number of carbonyl (C=O) groups excluding carboxylic acids is 1. The van der Waals surface area contributed by atoms with Crippen LogP contribution in [0, 0.1) is 0 Å². The van der Waals surface area contributed by atoms with E-state index in [2.05, 4.69) is 84.9 Å². The van der Waals surface area contributed by atoms with Gasteiger partial charge in [0.1, 0.15) is 5.78 Å². The molecule has 0 saturated heterocycles. The lowest BCUT2D eigenvalue weighted by Gasteiger charge is -2.20. The van der Waals surface area contributed by atoms with Crippen molar-refractivity contribution in [1.29, 1.82) is 0 Å². The first kappa shape index (κ1) is 15.8. The smallest absolute Gasteiger partial charge is 0.149 e. The molecule has 4 unspecified atom stereocenters. The summed E-state index contributed by atoms with van der Waals surface area (Å²) >= 11 is 0. The molecular formula is C27H20O. The predicted molar refractivity (Wildman–Crippen MR) is 113 cm³/mol. The summed E-state index contributed by atoms with van der Waals surface area (Å²) in [7, 11) is 0. The molecule has 4 aromatic carbocycles. The fourth-order valence-corrected chi connectivity index (χ4v) is 5.73. The number of hydrogen-bond donors (Lipinski definition) is 0. The summed E-state index contributed by atoms with van der Waals surface area (Å²) in [5.41, 5.74) is 4.98. The van der Waals surface area contributed by atoms with E-state index in [1.165, 1.54) is 21.9 Å². The minimum atomic E-state index is -0.0885. The summed E-state index contributed by atoms with van der Waals surface area (Å²) in [6.07, 6.45) is 0. The Hall–Kier alpha value is -3.19. The van der Waals surface area contributed by atoms with Crippen LogP contribution in [0.1, 0.15) is 45.9 Å². The summed E-state index contributed by atoms with van der Waals surface area (Å²) in [4.78, 5) is 13.8. The first-order chi connectivity index (χ1) is 13.8. The van der Waals surface area contributed by atoms with Crippen molar-refractivity contribution < 1.29 is 4.79 Å². The monoisotopic (exact) mass is 360 g/mol. The molecule has 28 heavy (non-hydrogen) atoms. The zero-order valence-corrected chi connectivity index (χ0v) is 15.5. The molecule has 0 aliphatic heterocycles. The van der Waals surface area contributed by atoms with Gasteiger partial charge in [-0.2, -0.15) is 0 Å². The van der Waals surface area contributed by atoms with Crippen LogP contribution in [0.2, 0.25) is 0 Å². The molecule has 0 radical (unpaired) electrons. The van der Waals surface area contributed by atoms with Crippen LogP contribution in [0.3, 0.4) is 0 Å². The lowest BCUT2D eigenvalue weighted by Crippen LogP contribution is -2.15. The van der Waals surface area contributed by atoms with Crippen molar-refractivity contribution in [2.75, 3.05) is 0 Å². The predicted octanol–water partition coefficient (Wildman–Crippen LogP) is 6.17. The van der Waals surface area contributed by atoms with E-state index in [1.54, 1.807) is 0 Å². The van der Waals surface area contributed by atoms with E-state index in [0.717, 1.165) is 11.1 Å². The molecule has 2 aliphatic rings. The molecule has 1 saturated carbocycles. The molecule has 6 rings (SSSR count). The second-order valence-corrected chi connectivity index (χ2v) is 8.02. The van der Waals surface area contributed by atoms with E-state index in [4.69, 9.17) is 0 Å². The summed E-state index contributed by atoms with van der Waals surface area (Å²) in [5, 5.41) is 2.66. The number of hydrogen-bond acceptors (Lipinski definition) is 1. The van der Waals surface area contributed by atoms with Crippen LogP contribution >= 0.6 is 0 Å². The van der Waals surface area contributed by atoms with Gasteiger partial charge in [-0.05, 0) is 33.0 Å². The molecule has 0 amide bonds. The Labute approximate surface area is 164 Å². The van der Waals surface area contributed by atoms with E-state index < -0.39 is 0 Å². The van der Waals surface area contributed by atoms with Crippen molar-refractivity contribution >= 4 is 16.6 Å². The molecule has 0 aromatic heterocycles. The van der Waals surface area contributed by atoms with Crippen LogP contribution < -0.4 is 0 Å². The Kier molecular flexibility index (Phi) is 3.34. The largest absolute Gasteiger partial charge is 0.298 e. The topological polar surface area (TPSA) is 17.1 Å². The van der Waals surface area contributed by atoms with Crippen molar-refractivity contribution in [3.05, 3.63) is 119 Å². The van der Waals surface area contributed by atoms with Gasteiger partial charge in [0.25, 0.3) is 0 Å². The van der Waals surface area contributed by atoms with Crippen molar-refractivity contribution in [3.63, 3.8) is 0 Å². The molecule has 134 valence electrons. The molecule has 0 spiro atoms. The molecular weight excluding hydrogens is 340 g/mol. The van der Waals surface area contributed by atoms with E-state index in [9.17, 15) is 4.79 Å². The zero-order chi connectivity index (χ0) is 18.7. The quantitative estimate of drug-likeness (QED) is 0.418. The van der Waals surface area contributed by atoms with Crippen molar-refractivity contribution in [2.24, 2.45) is 0 Å². The summed E-state index contributed by atoms with van der Waals surface area (Å²) < 4.78 is 0. The van der Waals surface area contributed by atoms with Crippen molar-refractivity contribution in [3.8, 4) is 0 Å². The highest BCUT2D eigenvalue weighted by atomic mass is 16.1. The highest BCUT2D eigenvalue weighted by Crippen LogP contribution is 2.63. The molecule has 1 fully saturated rings. The van der Waals surface area contributed by atoms with E-state index >= 15 is 0 Å². The summed E-state index contributed by atoms with van der Waals surface area (Å²) in [5.74, 6) is 0.602. The van der Waals surface area contributed by atoms with Crippen molar-refractivity contribution in [1.82, 2.24) is 0 Å². The number of ketones is 1. The van der Waals surface area contributed by atoms with Crippen LogP contribution in [0.5, 0.6) is 0 Å². The minimum Gasteiger partial charge on any atom is -0.298 e. The van der Waals surface area contributed by atoms with Gasteiger partial charge in [-0.15, -0.1) is 0 Å². The van der Waals surface area contributed by atoms with Gasteiger partial charge in [-0.1, -0.05) is 97.1 Å². The third kappa shape index (κ3) is 2.05. The highest BCUT2D eigenvalue weighted by Gasteiger charge is 2.55. The fourth-order valence-electron chi connectivity index (χ4n) is 5.73. The molecule has 0 bridgehead atoms. The second-order valence-electron chi connectivity index (χ2n) is 8.02. The molecule has 0 N–H and O–H groups in total. The molecule has 4 atom stereocenters. The highest BCUT2D eigenvalue weighted by molar-refractivity contribution is 6.03. The zero-order valence-electron chi connectivity index (χ0n) is 15.5. The van der Waals surface area contributed by atoms with Gasteiger partial charge >= 0.3 is 0 Å². The fraction of sp³-hybridized carbons (Fsp3) is 0.148. The summed E-state index contributed by atoms with van der Waals surface area (Å²) in [6, 6.07) is 33.9. The summed E-state index contributed by atoms with van der Waals surface area (Å²) in [6.45, 7) is 0. The third-order valence-corrected chi connectivity index (χ3v) is 6.72. The number of rotatable bonds is 2. The second kappa shape index (κ2) is 5.90. The molecule has 1 nitrogen and oxygen atoms in total. The van der Waals surface area contributed by atoms with Crippen LogP contribution in [-0.2, 0) is 4.79 Å². The van der Waals surface area contributed by atoms with E-state index in [0.29, 0.717) is 5.78 Å². The van der Waals surface area contributed by atoms with Crippen molar-refractivity contribution in [2.45, 2.75) is 23.7 Å². The number of fused-ring (bicyclic) bond motifs is 3. The standard InChI is InChI=1S/C27H20O/c28-27-23(18-9-3-1-4-10-18)25-20-15-7-13-17-14-8-16-21(22(17)20)26(25)24(27)19-11-5-2-6-12-19/h1-16,23-26H. The van der Waals surface area contributed by atoms with Gasteiger partial charge in [0.15, 0.2) is 0 Å². The Morgan fingerprint density at radius 3 is 1.43 bits per heavy atom. The van der Waals surface area contributed by atoms with E-state index in [1.807, 2.05) is 12.1 Å². The van der Waals surface area contributed by atoms with Gasteiger partial charge < -0.3 is 0 Å². The van der Waals surface area contributed by atoms with Gasteiger partial charge in [-0.3, -0.25) is 4.79 Å². The Bertz CT molecular complexity index is 1100. The number of benzene rings is 4. The minimum absolute atomic E-state index is 0.0885. The maximum atomic E-state index is 13.8. The first-order valence-electron chi connectivity index (χ1n) is 10.00. The average Bonchev–Trinajstić information content (AvgIpc) is 3.23. The van der Waals surface area contributed by atoms with Crippen LogP contribution in [0.4, 0.5) is 0 Å². The molecule has 4 aromatic rings. The number of Topliss-reactive ketones (excluding diaryl/α,β-unsaturated/α-hetero) is 1. The lowest BCUT2D eigenvalue weighted by molar-refractivity contribution is -0.120. The normalized spacial score (nSPS) is 25.2. The molecule has 2 aliphatic carbocycles. The average molecular weight is 360 g/mol. The maximum absolute atomic E-state index is 13.8. The van der Waals surface area contributed by atoms with Gasteiger partial charge in [-0.25, -0.2) is 0 Å². The third-order valence-electron chi connectivity index (χ3n) is 6.72. The van der Waals surface area contributed by atoms with Gasteiger partial charge in [0.2, 0.25) is 0 Å². The van der Waals surface area contributed by atoms with Gasteiger partial charge in [0, 0.05) is 11.8 Å². The van der Waals surface area contributed by atoms with Crippen LogP contribution in [0.25, 0.3) is 10.8 Å². The van der Waals surface area contributed by atoms with Crippen LogP contribution in [-0.4, -0.2) is 5.78 Å². The van der Waals surface area contributed by atoms with E-state index in [-0.39, 0.29) is 23.7 Å². The lowest BCUT2D eigenvalue weighted by atomic mass is 9.81. The SMILES string of the molecule is O=C1C(c2ccccc2)C2c3cccc4cccc(c34)C2C1c1ccccc1. The Morgan fingerprint density at radius 1 is 0.500 bits per heavy atom. The maximum Gasteiger partial charge on any atom is 0.149 e.